The minimum Gasteiger partial charge on any atom is -0.385 e. The highest BCUT2D eigenvalue weighted by molar-refractivity contribution is 7.16. The quantitative estimate of drug-likeness (QED) is 0.297. The molecule has 1 unspecified atom stereocenters. The van der Waals surface area contributed by atoms with Gasteiger partial charge in [0.1, 0.15) is 11.2 Å². The molecule has 184 valence electrons. The average Bonchev–Trinajstić information content (AvgIpc) is 3.41. The lowest BCUT2D eigenvalue weighted by atomic mass is 10.1. The van der Waals surface area contributed by atoms with Gasteiger partial charge in [0.15, 0.2) is 6.30 Å². The van der Waals surface area contributed by atoms with E-state index >= 15 is 4.39 Å². The molecule has 0 spiro atoms. The Morgan fingerprint density at radius 3 is 2.66 bits per heavy atom. The maximum Gasteiger partial charge on any atom is 0.274 e. The maximum absolute atomic E-state index is 15.6. The predicted molar refractivity (Wildman–Crippen MR) is 137 cm³/mol. The topological polar surface area (TPSA) is 112 Å². The number of aliphatic hydroxyl groups is 1. The number of halogens is 1. The molecule has 35 heavy (non-hydrogen) atoms. The lowest BCUT2D eigenvalue weighted by Crippen LogP contribution is -2.19. The molecule has 4 aromatic heterocycles. The molecule has 0 aliphatic rings. The number of H-pyrrole nitrogens is 1. The Labute approximate surface area is 205 Å². The summed E-state index contributed by atoms with van der Waals surface area (Å²) >= 11 is 1.29. The van der Waals surface area contributed by atoms with Crippen LogP contribution in [0, 0.1) is 13.8 Å². The summed E-state index contributed by atoms with van der Waals surface area (Å²) in [4.78, 5) is 33.4. The third kappa shape index (κ3) is 4.46. The van der Waals surface area contributed by atoms with E-state index in [1.54, 1.807) is 58.4 Å². The molecule has 4 rings (SSSR count). The Bertz CT molecular complexity index is 1480. The van der Waals surface area contributed by atoms with Crippen molar-refractivity contribution in [2.75, 3.05) is 12.4 Å². The van der Waals surface area contributed by atoms with Crippen molar-refractivity contribution in [1.82, 2.24) is 19.9 Å². The summed E-state index contributed by atoms with van der Waals surface area (Å²) in [6.45, 7) is 6.89. The third-order valence-corrected chi connectivity index (χ3v) is 7.44. The zero-order chi connectivity index (χ0) is 25.7. The van der Waals surface area contributed by atoms with Crippen LogP contribution in [0.15, 0.2) is 35.4 Å². The fourth-order valence-electron chi connectivity index (χ4n) is 4.07. The van der Waals surface area contributed by atoms with Crippen LogP contribution < -0.4 is 16.2 Å². The summed E-state index contributed by atoms with van der Waals surface area (Å²) in [5.41, 5.74) is 1.93. The van der Waals surface area contributed by atoms with Gasteiger partial charge >= 0.3 is 0 Å². The van der Waals surface area contributed by atoms with Crippen molar-refractivity contribution in [3.63, 3.8) is 0 Å². The predicted octanol–water partition coefficient (Wildman–Crippen LogP) is 4.27. The minimum absolute atomic E-state index is 0.241. The molecular weight excluding hydrogens is 469 g/mol. The van der Waals surface area contributed by atoms with E-state index in [9.17, 15) is 14.7 Å². The van der Waals surface area contributed by atoms with E-state index in [2.05, 4.69) is 20.6 Å². The number of carbonyl (C=O) groups excluding carboxylic acids is 1. The van der Waals surface area contributed by atoms with Crippen molar-refractivity contribution >= 4 is 33.8 Å². The molecule has 10 heteroatoms. The van der Waals surface area contributed by atoms with Crippen LogP contribution in [0.4, 0.5) is 10.1 Å². The first-order valence-corrected chi connectivity index (χ1v) is 11.9. The first-order chi connectivity index (χ1) is 16.4. The van der Waals surface area contributed by atoms with Crippen LogP contribution in [0.5, 0.6) is 0 Å². The summed E-state index contributed by atoms with van der Waals surface area (Å²) in [7, 11) is 3.12. The second-order valence-electron chi connectivity index (χ2n) is 9.06. The summed E-state index contributed by atoms with van der Waals surface area (Å²) < 4.78 is 17.0. The van der Waals surface area contributed by atoms with Crippen molar-refractivity contribution < 1.29 is 14.3 Å². The summed E-state index contributed by atoms with van der Waals surface area (Å²) in [6, 6.07) is 5.08. The Morgan fingerprint density at radius 2 is 2.03 bits per heavy atom. The van der Waals surface area contributed by atoms with E-state index in [-0.39, 0.29) is 22.7 Å². The van der Waals surface area contributed by atoms with Crippen molar-refractivity contribution in [3.05, 3.63) is 68.3 Å². The molecule has 0 saturated carbocycles. The van der Waals surface area contributed by atoms with Crippen LogP contribution in [0.2, 0.25) is 0 Å². The number of nitrogens with one attached hydrogen (secondary N) is 3. The highest BCUT2D eigenvalue weighted by Crippen LogP contribution is 2.44. The van der Waals surface area contributed by atoms with E-state index in [0.29, 0.717) is 37.6 Å². The number of aryl methyl sites for hydroxylation is 3. The molecule has 0 saturated heterocycles. The molecule has 1 amide bonds. The van der Waals surface area contributed by atoms with Crippen molar-refractivity contribution in [2.45, 2.75) is 39.6 Å². The van der Waals surface area contributed by atoms with Gasteiger partial charge in [-0.05, 0) is 51.5 Å². The molecule has 0 aromatic carbocycles. The van der Waals surface area contributed by atoms with Crippen LogP contribution in [0.25, 0.3) is 21.3 Å². The summed E-state index contributed by atoms with van der Waals surface area (Å²) in [5.74, 6) is -0.359. The number of alkyl halides is 1. The summed E-state index contributed by atoms with van der Waals surface area (Å²) in [5, 5.41) is 16.7. The normalized spacial score (nSPS) is 12.7. The number of thiophene rings is 1. The lowest BCUT2D eigenvalue weighted by molar-refractivity contribution is 0.0825. The number of aromatic amines is 1. The fraction of sp³-hybridized carbons (Fsp3) is 0.320. The number of carbonyl (C=O) groups is 1. The van der Waals surface area contributed by atoms with Crippen LogP contribution in [-0.4, -0.2) is 32.6 Å². The number of aromatic nitrogens is 3. The van der Waals surface area contributed by atoms with Gasteiger partial charge in [-0.3, -0.25) is 14.6 Å². The van der Waals surface area contributed by atoms with E-state index in [4.69, 9.17) is 0 Å². The number of amides is 1. The zero-order valence-corrected chi connectivity index (χ0v) is 21.2. The molecule has 0 fully saturated rings. The molecule has 4 heterocycles. The second-order valence-corrected chi connectivity index (χ2v) is 10.1. The van der Waals surface area contributed by atoms with Crippen molar-refractivity contribution in [3.8, 4) is 10.4 Å². The van der Waals surface area contributed by atoms with Crippen LogP contribution in [0.1, 0.15) is 52.3 Å². The molecule has 8 nitrogen and oxygen atoms in total. The molecule has 1 atom stereocenters. The van der Waals surface area contributed by atoms with Gasteiger partial charge < -0.3 is 25.3 Å². The third-order valence-electron chi connectivity index (χ3n) is 5.96. The Balaban J connectivity index is 1.93. The van der Waals surface area contributed by atoms with Crippen LogP contribution in [0.3, 0.4) is 0 Å². The average molecular weight is 498 g/mol. The zero-order valence-electron chi connectivity index (χ0n) is 20.4. The molecule has 4 N–H and O–H groups in total. The number of anilines is 1. The van der Waals surface area contributed by atoms with Crippen LogP contribution >= 0.6 is 11.3 Å². The Morgan fingerprint density at radius 1 is 1.31 bits per heavy atom. The van der Waals surface area contributed by atoms with Gasteiger partial charge in [0, 0.05) is 53.6 Å². The number of rotatable bonds is 6. The van der Waals surface area contributed by atoms with Gasteiger partial charge in [-0.1, -0.05) is 0 Å². The highest BCUT2D eigenvalue weighted by Gasteiger charge is 2.26. The van der Waals surface area contributed by atoms with Crippen molar-refractivity contribution in [1.29, 1.82) is 0 Å². The minimum atomic E-state index is -1.55. The molecular formula is C25H28FN5O3S. The van der Waals surface area contributed by atoms with E-state index in [1.807, 2.05) is 6.92 Å². The van der Waals surface area contributed by atoms with Crippen molar-refractivity contribution in [2.24, 2.45) is 7.05 Å². The van der Waals surface area contributed by atoms with Gasteiger partial charge in [0.05, 0.1) is 16.2 Å². The molecule has 0 aliphatic carbocycles. The number of nitrogens with zero attached hydrogens (tertiary/aromatic N) is 2. The standard InChI is InChI=1S/C25H28FN5O3S/c1-12-7-8-28-13(2)19(12)22(26)30-16-10-18(25(3,4)34)35-21(16)15-11-31(6)24(33)20-14(15)9-17(29-20)23(32)27-5/h7-11,22,29-30,34H,1-6H3,(H,27,32). The second kappa shape index (κ2) is 8.94. The molecule has 0 radical (unpaired) electrons. The number of hydrogen-bond acceptors (Lipinski definition) is 6. The Kier molecular flexibility index (Phi) is 6.29. The van der Waals surface area contributed by atoms with Gasteiger partial charge in [-0.25, -0.2) is 4.39 Å². The van der Waals surface area contributed by atoms with Gasteiger partial charge in [-0.2, -0.15) is 0 Å². The molecule has 0 bridgehead atoms. The van der Waals surface area contributed by atoms with E-state index in [0.717, 1.165) is 5.56 Å². The first kappa shape index (κ1) is 24.6. The highest BCUT2D eigenvalue weighted by atomic mass is 32.1. The largest absolute Gasteiger partial charge is 0.385 e. The number of hydrogen-bond donors (Lipinski definition) is 4. The molecule has 0 aliphatic heterocycles. The van der Waals surface area contributed by atoms with Crippen LogP contribution in [-0.2, 0) is 12.6 Å². The number of pyridine rings is 2. The molecule has 4 aromatic rings. The van der Waals surface area contributed by atoms with Gasteiger partial charge in [-0.15, -0.1) is 11.3 Å². The lowest BCUT2D eigenvalue weighted by Gasteiger charge is -2.17. The van der Waals surface area contributed by atoms with E-state index in [1.165, 1.54) is 23.0 Å². The van der Waals surface area contributed by atoms with E-state index < -0.39 is 11.9 Å². The first-order valence-electron chi connectivity index (χ1n) is 11.1. The monoisotopic (exact) mass is 497 g/mol. The Hall–Kier alpha value is -3.50. The SMILES string of the molecule is CNC(=O)c1cc2c(-c3sc(C(C)(C)O)cc3NC(F)c3c(C)ccnc3C)cn(C)c(=O)c2[nH]1. The number of fused-ring (bicyclic) bond motifs is 1. The maximum atomic E-state index is 15.6. The fourth-order valence-corrected chi connectivity index (χ4v) is 5.22. The van der Waals surface area contributed by atoms with Gasteiger partial charge in [0.25, 0.3) is 11.5 Å². The van der Waals surface area contributed by atoms with Gasteiger partial charge in [0.2, 0.25) is 0 Å². The summed E-state index contributed by atoms with van der Waals surface area (Å²) in [6.07, 6.45) is 1.74. The smallest absolute Gasteiger partial charge is 0.274 e.